The second-order valence-corrected chi connectivity index (χ2v) is 9.55. The number of nitrogens with zero attached hydrogens (tertiary/aromatic N) is 2. The maximum atomic E-state index is 5.94. The molecular weight excluding hydrogens is 468 g/mol. The predicted octanol–water partition coefficient (Wildman–Crippen LogP) is 1.06. The summed E-state index contributed by atoms with van der Waals surface area (Å²) >= 11 is 0. The first-order valence-electron chi connectivity index (χ1n) is 14.0. The van der Waals surface area contributed by atoms with Crippen LogP contribution in [0.4, 0.5) is 0 Å². The fourth-order valence-electron chi connectivity index (χ4n) is 4.47. The van der Waals surface area contributed by atoms with Crippen LogP contribution in [0.15, 0.2) is 0 Å². The van der Waals surface area contributed by atoms with Crippen molar-refractivity contribution >= 4 is 0 Å². The van der Waals surface area contributed by atoms with Gasteiger partial charge in [0.05, 0.1) is 91.5 Å². The maximum absolute atomic E-state index is 5.94. The molecule has 0 aromatic carbocycles. The standard InChI is InChI=1S/C26H50N2O8/c1-3-25(35-11-1)23-33-15-9-27-5-6-28(10-16-34-24-26-4-2-12-36-26)8-14-30-18-20-32-22-21-31-19-17-29-13-7-27/h25-26H,1-24H2. The van der Waals surface area contributed by atoms with Gasteiger partial charge in [-0.3, -0.25) is 9.80 Å². The molecule has 212 valence electrons. The molecule has 0 aromatic rings. The molecule has 3 fully saturated rings. The highest BCUT2D eigenvalue weighted by Gasteiger charge is 2.17. The third-order valence-electron chi connectivity index (χ3n) is 6.71. The third-order valence-corrected chi connectivity index (χ3v) is 6.71. The van der Waals surface area contributed by atoms with Crippen LogP contribution < -0.4 is 0 Å². The molecule has 10 nitrogen and oxygen atoms in total. The Hall–Kier alpha value is -0.400. The number of rotatable bonds is 10. The van der Waals surface area contributed by atoms with E-state index in [4.69, 9.17) is 37.9 Å². The zero-order valence-corrected chi connectivity index (χ0v) is 22.3. The molecular formula is C26H50N2O8. The highest BCUT2D eigenvalue weighted by atomic mass is 16.6. The molecule has 2 atom stereocenters. The lowest BCUT2D eigenvalue weighted by atomic mass is 10.2. The SMILES string of the molecule is C1COC(COCCN2CCOCCOCCOCCOCCN(CCOCC3CCCO3)CC2)C1. The third kappa shape index (κ3) is 14.5. The summed E-state index contributed by atoms with van der Waals surface area (Å²) in [7, 11) is 0. The Bertz CT molecular complexity index is 462. The number of hydrogen-bond donors (Lipinski definition) is 0. The molecule has 36 heavy (non-hydrogen) atoms. The molecule has 2 unspecified atom stereocenters. The van der Waals surface area contributed by atoms with Crippen molar-refractivity contribution in [2.75, 3.05) is 132 Å². The van der Waals surface area contributed by atoms with E-state index in [1.165, 1.54) is 0 Å². The highest BCUT2D eigenvalue weighted by Crippen LogP contribution is 2.12. The van der Waals surface area contributed by atoms with E-state index in [0.717, 1.165) is 78.2 Å². The van der Waals surface area contributed by atoms with E-state index >= 15 is 0 Å². The van der Waals surface area contributed by atoms with Crippen LogP contribution in [0, 0.1) is 0 Å². The van der Waals surface area contributed by atoms with Gasteiger partial charge >= 0.3 is 0 Å². The van der Waals surface area contributed by atoms with Gasteiger partial charge in [0.2, 0.25) is 0 Å². The monoisotopic (exact) mass is 518 g/mol. The molecule has 0 amide bonds. The molecule has 0 saturated carbocycles. The zero-order valence-electron chi connectivity index (χ0n) is 22.3. The molecule has 0 aromatic heterocycles. The summed E-state index contributed by atoms with van der Waals surface area (Å²) in [6, 6.07) is 0. The van der Waals surface area contributed by atoms with Gasteiger partial charge in [0.15, 0.2) is 0 Å². The van der Waals surface area contributed by atoms with E-state index in [2.05, 4.69) is 9.80 Å². The minimum absolute atomic E-state index is 0.268. The normalized spacial score (nSPS) is 27.7. The lowest BCUT2D eigenvalue weighted by Crippen LogP contribution is -2.41. The van der Waals surface area contributed by atoms with Gasteiger partial charge in [0, 0.05) is 52.5 Å². The molecule has 3 aliphatic rings. The second kappa shape index (κ2) is 20.5. The van der Waals surface area contributed by atoms with Crippen LogP contribution in [0.25, 0.3) is 0 Å². The van der Waals surface area contributed by atoms with Gasteiger partial charge in [-0.05, 0) is 25.7 Å². The van der Waals surface area contributed by atoms with E-state index in [0.29, 0.717) is 79.3 Å². The van der Waals surface area contributed by atoms with Crippen molar-refractivity contribution in [2.24, 2.45) is 0 Å². The average molecular weight is 519 g/mol. The van der Waals surface area contributed by atoms with Gasteiger partial charge in [0.1, 0.15) is 0 Å². The molecule has 3 saturated heterocycles. The zero-order chi connectivity index (χ0) is 24.9. The van der Waals surface area contributed by atoms with Crippen molar-refractivity contribution in [3.05, 3.63) is 0 Å². The molecule has 3 rings (SSSR count). The van der Waals surface area contributed by atoms with Gasteiger partial charge in [-0.25, -0.2) is 0 Å². The van der Waals surface area contributed by atoms with Crippen molar-refractivity contribution in [1.82, 2.24) is 9.80 Å². The summed E-state index contributed by atoms with van der Waals surface area (Å²) in [6.07, 6.45) is 5.04. The minimum atomic E-state index is 0.268. The van der Waals surface area contributed by atoms with Crippen LogP contribution in [-0.2, 0) is 37.9 Å². The molecule has 3 aliphatic heterocycles. The van der Waals surface area contributed by atoms with E-state index in [1.54, 1.807) is 0 Å². The summed E-state index contributed by atoms with van der Waals surface area (Å²) in [4.78, 5) is 4.85. The van der Waals surface area contributed by atoms with Crippen LogP contribution in [0.3, 0.4) is 0 Å². The second-order valence-electron chi connectivity index (χ2n) is 9.55. The Labute approximate surface area is 217 Å². The minimum Gasteiger partial charge on any atom is -0.378 e. The lowest BCUT2D eigenvalue weighted by Gasteiger charge is -2.28. The topological polar surface area (TPSA) is 80.3 Å². The molecule has 0 N–H and O–H groups in total. The van der Waals surface area contributed by atoms with Crippen LogP contribution >= 0.6 is 0 Å². The van der Waals surface area contributed by atoms with Crippen LogP contribution in [0.2, 0.25) is 0 Å². The molecule has 0 bridgehead atoms. The predicted molar refractivity (Wildman–Crippen MR) is 136 cm³/mol. The van der Waals surface area contributed by atoms with E-state index in [1.807, 2.05) is 0 Å². The Balaban J connectivity index is 1.40. The summed E-state index contributed by atoms with van der Waals surface area (Å²) in [5.74, 6) is 0. The quantitative estimate of drug-likeness (QED) is 0.392. The van der Waals surface area contributed by atoms with E-state index in [9.17, 15) is 0 Å². The highest BCUT2D eigenvalue weighted by molar-refractivity contribution is 4.67. The van der Waals surface area contributed by atoms with Crippen LogP contribution in [0.1, 0.15) is 25.7 Å². The van der Waals surface area contributed by atoms with Crippen LogP contribution in [-0.4, -0.2) is 154 Å². The Morgan fingerprint density at radius 3 is 1.31 bits per heavy atom. The van der Waals surface area contributed by atoms with Crippen molar-refractivity contribution in [3.8, 4) is 0 Å². The number of hydrogen-bond acceptors (Lipinski definition) is 10. The fraction of sp³-hybridized carbons (Fsp3) is 1.00. The summed E-state index contributed by atoms with van der Waals surface area (Å²) < 4.78 is 46.0. The van der Waals surface area contributed by atoms with Crippen LogP contribution in [0.5, 0.6) is 0 Å². The molecule has 3 heterocycles. The van der Waals surface area contributed by atoms with Gasteiger partial charge in [0.25, 0.3) is 0 Å². The maximum Gasteiger partial charge on any atom is 0.0809 e. The van der Waals surface area contributed by atoms with Crippen molar-refractivity contribution < 1.29 is 37.9 Å². The Morgan fingerprint density at radius 2 is 0.917 bits per heavy atom. The van der Waals surface area contributed by atoms with Gasteiger partial charge in [-0.15, -0.1) is 0 Å². The summed E-state index contributed by atoms with van der Waals surface area (Å²) in [6.45, 7) is 14.8. The molecule has 0 aliphatic carbocycles. The average Bonchev–Trinajstić information content (AvgIpc) is 3.60. The largest absolute Gasteiger partial charge is 0.378 e. The Kier molecular flexibility index (Phi) is 17.2. The van der Waals surface area contributed by atoms with E-state index < -0.39 is 0 Å². The van der Waals surface area contributed by atoms with E-state index in [-0.39, 0.29) is 12.2 Å². The van der Waals surface area contributed by atoms with Crippen molar-refractivity contribution in [1.29, 1.82) is 0 Å². The molecule has 0 radical (unpaired) electrons. The van der Waals surface area contributed by atoms with Crippen molar-refractivity contribution in [3.63, 3.8) is 0 Å². The van der Waals surface area contributed by atoms with Gasteiger partial charge < -0.3 is 37.9 Å². The first kappa shape index (κ1) is 30.1. The van der Waals surface area contributed by atoms with Gasteiger partial charge in [-0.1, -0.05) is 0 Å². The first-order valence-corrected chi connectivity index (χ1v) is 14.0. The molecule has 10 heteroatoms. The Morgan fingerprint density at radius 1 is 0.500 bits per heavy atom. The fourth-order valence-corrected chi connectivity index (χ4v) is 4.47. The summed E-state index contributed by atoms with van der Waals surface area (Å²) in [5.41, 5.74) is 0. The smallest absolute Gasteiger partial charge is 0.0809 e. The summed E-state index contributed by atoms with van der Waals surface area (Å²) in [5, 5.41) is 0. The van der Waals surface area contributed by atoms with Gasteiger partial charge in [-0.2, -0.15) is 0 Å². The first-order chi connectivity index (χ1) is 17.9. The number of ether oxygens (including phenoxy) is 8. The van der Waals surface area contributed by atoms with Crippen molar-refractivity contribution in [2.45, 2.75) is 37.9 Å². The molecule has 0 spiro atoms. The lowest BCUT2D eigenvalue weighted by molar-refractivity contribution is -0.0152.